The lowest BCUT2D eigenvalue weighted by atomic mass is 10.0. The van der Waals surface area contributed by atoms with Crippen LogP contribution in [0.1, 0.15) is 12.5 Å². The summed E-state index contributed by atoms with van der Waals surface area (Å²) in [7, 11) is 0. The number of hydrogen-bond donors (Lipinski definition) is 1. The van der Waals surface area contributed by atoms with Gasteiger partial charge in [0.1, 0.15) is 0 Å². The maximum absolute atomic E-state index is 12.3. The predicted molar refractivity (Wildman–Crippen MR) is 106 cm³/mol. The summed E-state index contributed by atoms with van der Waals surface area (Å²) in [4.78, 5) is 24.5. The van der Waals surface area contributed by atoms with Crippen molar-refractivity contribution in [3.63, 3.8) is 0 Å². The fourth-order valence-electron chi connectivity index (χ4n) is 2.67. The topological polar surface area (TPSA) is 55.4 Å². The molecule has 3 aromatic carbocycles. The van der Waals surface area contributed by atoms with Gasteiger partial charge in [-0.2, -0.15) is 0 Å². The molecular formula is C21H18BrNO3. The van der Waals surface area contributed by atoms with E-state index >= 15 is 0 Å². The van der Waals surface area contributed by atoms with Crippen LogP contribution in [0, 0.1) is 0 Å². The van der Waals surface area contributed by atoms with Crippen LogP contribution in [-0.2, 0) is 20.7 Å². The van der Waals surface area contributed by atoms with Crippen molar-refractivity contribution < 1.29 is 14.3 Å². The van der Waals surface area contributed by atoms with E-state index in [0.717, 1.165) is 20.8 Å². The zero-order valence-corrected chi connectivity index (χ0v) is 15.8. The predicted octanol–water partition coefficient (Wildman–Crippen LogP) is 4.72. The third-order valence-electron chi connectivity index (χ3n) is 4.00. The van der Waals surface area contributed by atoms with E-state index in [1.54, 1.807) is 19.1 Å². The quantitative estimate of drug-likeness (QED) is 0.618. The van der Waals surface area contributed by atoms with E-state index in [-0.39, 0.29) is 12.3 Å². The molecule has 5 heteroatoms. The van der Waals surface area contributed by atoms with Crippen LogP contribution in [-0.4, -0.2) is 18.0 Å². The highest BCUT2D eigenvalue weighted by Gasteiger charge is 2.18. The second kappa shape index (κ2) is 8.15. The van der Waals surface area contributed by atoms with Gasteiger partial charge in [0.2, 0.25) is 0 Å². The van der Waals surface area contributed by atoms with Crippen LogP contribution in [0.4, 0.5) is 5.69 Å². The first-order valence-corrected chi connectivity index (χ1v) is 9.05. The number of nitrogens with one attached hydrogen (secondary N) is 1. The summed E-state index contributed by atoms with van der Waals surface area (Å²) in [6, 6.07) is 20.9. The Morgan fingerprint density at radius 2 is 1.69 bits per heavy atom. The Bertz CT molecular complexity index is 932. The van der Waals surface area contributed by atoms with Crippen molar-refractivity contribution in [3.05, 3.63) is 76.8 Å². The number of fused-ring (bicyclic) bond motifs is 1. The van der Waals surface area contributed by atoms with Crippen LogP contribution in [0.3, 0.4) is 0 Å². The van der Waals surface area contributed by atoms with Gasteiger partial charge in [-0.15, -0.1) is 0 Å². The number of rotatable bonds is 5. The Morgan fingerprint density at radius 1 is 1.00 bits per heavy atom. The molecule has 3 rings (SSSR count). The number of hydrogen-bond acceptors (Lipinski definition) is 3. The maximum atomic E-state index is 12.3. The molecule has 0 aromatic heterocycles. The van der Waals surface area contributed by atoms with Crippen LogP contribution in [0.15, 0.2) is 71.2 Å². The summed E-state index contributed by atoms with van der Waals surface area (Å²) < 4.78 is 6.22. The van der Waals surface area contributed by atoms with E-state index in [1.807, 2.05) is 54.6 Å². The van der Waals surface area contributed by atoms with Gasteiger partial charge in [-0.25, -0.2) is 0 Å². The minimum absolute atomic E-state index is 0.122. The third kappa shape index (κ3) is 4.49. The smallest absolute Gasteiger partial charge is 0.311 e. The Hall–Kier alpha value is -2.66. The average molecular weight is 412 g/mol. The first-order valence-electron chi connectivity index (χ1n) is 8.25. The van der Waals surface area contributed by atoms with Gasteiger partial charge in [-0.05, 0) is 47.5 Å². The van der Waals surface area contributed by atoms with Gasteiger partial charge in [-0.3, -0.25) is 9.59 Å². The molecule has 3 aromatic rings. The lowest BCUT2D eigenvalue weighted by Crippen LogP contribution is -2.30. The van der Waals surface area contributed by atoms with Gasteiger partial charge in [0.25, 0.3) is 5.91 Å². The van der Waals surface area contributed by atoms with E-state index in [1.165, 1.54) is 0 Å². The number of amides is 1. The molecule has 0 bridgehead atoms. The van der Waals surface area contributed by atoms with Gasteiger partial charge < -0.3 is 10.1 Å². The Kier molecular flexibility index (Phi) is 5.68. The van der Waals surface area contributed by atoms with Crippen LogP contribution in [0.5, 0.6) is 0 Å². The summed E-state index contributed by atoms with van der Waals surface area (Å²) in [5.41, 5.74) is 1.53. The highest BCUT2D eigenvalue weighted by molar-refractivity contribution is 9.10. The lowest BCUT2D eigenvalue weighted by molar-refractivity contribution is -0.152. The molecule has 0 aliphatic rings. The molecule has 0 heterocycles. The summed E-state index contributed by atoms with van der Waals surface area (Å²) in [5.74, 6) is -0.793. The molecule has 0 fully saturated rings. The number of anilines is 1. The summed E-state index contributed by atoms with van der Waals surface area (Å²) in [5, 5.41) is 4.81. The second-order valence-corrected chi connectivity index (χ2v) is 6.86. The zero-order chi connectivity index (χ0) is 18.5. The van der Waals surface area contributed by atoms with E-state index in [9.17, 15) is 9.59 Å². The standard InChI is InChI=1S/C21H18BrNO3/c1-14(21(25)23-18-11-9-17(22)10-12-18)26-20(24)13-16-7-4-6-15-5-2-3-8-19(15)16/h2-12,14H,13H2,1H3,(H,23,25)/t14-/m0/s1. The minimum Gasteiger partial charge on any atom is -0.452 e. The molecule has 26 heavy (non-hydrogen) atoms. The number of halogens is 1. The Labute approximate surface area is 160 Å². The Balaban J connectivity index is 1.61. The van der Waals surface area contributed by atoms with Crippen molar-refractivity contribution in [2.75, 3.05) is 5.32 Å². The van der Waals surface area contributed by atoms with Crippen molar-refractivity contribution in [1.82, 2.24) is 0 Å². The SMILES string of the molecule is C[C@H](OC(=O)Cc1cccc2ccccc12)C(=O)Nc1ccc(Br)cc1. The number of benzene rings is 3. The molecule has 0 unspecified atom stereocenters. The molecule has 1 amide bonds. The molecule has 0 aliphatic heterocycles. The number of carbonyl (C=O) groups is 2. The van der Waals surface area contributed by atoms with Crippen LogP contribution in [0.25, 0.3) is 10.8 Å². The molecule has 0 aliphatic carbocycles. The normalized spacial score (nSPS) is 11.8. The molecular weight excluding hydrogens is 394 g/mol. The van der Waals surface area contributed by atoms with E-state index in [0.29, 0.717) is 5.69 Å². The molecule has 0 saturated carbocycles. The van der Waals surface area contributed by atoms with Crippen LogP contribution < -0.4 is 5.32 Å². The summed E-state index contributed by atoms with van der Waals surface area (Å²) in [6.45, 7) is 1.56. The maximum Gasteiger partial charge on any atom is 0.311 e. The molecule has 1 N–H and O–H groups in total. The Morgan fingerprint density at radius 3 is 2.46 bits per heavy atom. The zero-order valence-electron chi connectivity index (χ0n) is 14.2. The van der Waals surface area contributed by atoms with E-state index in [4.69, 9.17) is 4.74 Å². The molecule has 0 saturated heterocycles. The number of ether oxygens (including phenoxy) is 1. The molecule has 0 spiro atoms. The van der Waals surface area contributed by atoms with E-state index < -0.39 is 12.1 Å². The van der Waals surface area contributed by atoms with Crippen molar-refractivity contribution in [2.24, 2.45) is 0 Å². The molecule has 132 valence electrons. The third-order valence-corrected chi connectivity index (χ3v) is 4.53. The minimum atomic E-state index is -0.874. The summed E-state index contributed by atoms with van der Waals surface area (Å²) in [6.07, 6.45) is -0.752. The largest absolute Gasteiger partial charge is 0.452 e. The molecule has 4 nitrogen and oxygen atoms in total. The van der Waals surface area contributed by atoms with E-state index in [2.05, 4.69) is 21.2 Å². The molecule has 0 radical (unpaired) electrons. The van der Waals surface area contributed by atoms with Gasteiger partial charge in [-0.1, -0.05) is 58.4 Å². The number of esters is 1. The first-order chi connectivity index (χ1) is 12.5. The van der Waals surface area contributed by atoms with Crippen molar-refractivity contribution in [3.8, 4) is 0 Å². The van der Waals surface area contributed by atoms with Gasteiger partial charge in [0, 0.05) is 10.2 Å². The van der Waals surface area contributed by atoms with Crippen LogP contribution in [0.2, 0.25) is 0 Å². The van der Waals surface area contributed by atoms with Gasteiger partial charge in [0.05, 0.1) is 6.42 Å². The average Bonchev–Trinajstić information content (AvgIpc) is 2.64. The van der Waals surface area contributed by atoms with Gasteiger partial charge >= 0.3 is 5.97 Å². The second-order valence-electron chi connectivity index (χ2n) is 5.94. The van der Waals surface area contributed by atoms with Crippen molar-refractivity contribution in [2.45, 2.75) is 19.4 Å². The lowest BCUT2D eigenvalue weighted by Gasteiger charge is -2.14. The van der Waals surface area contributed by atoms with Crippen molar-refractivity contribution >= 4 is 44.3 Å². The van der Waals surface area contributed by atoms with Crippen molar-refractivity contribution in [1.29, 1.82) is 0 Å². The highest BCUT2D eigenvalue weighted by Crippen LogP contribution is 2.19. The first kappa shape index (κ1) is 18.1. The fraction of sp³-hybridized carbons (Fsp3) is 0.143. The van der Waals surface area contributed by atoms with Crippen LogP contribution >= 0.6 is 15.9 Å². The number of carbonyl (C=O) groups excluding carboxylic acids is 2. The fourth-order valence-corrected chi connectivity index (χ4v) is 2.94. The summed E-state index contributed by atoms with van der Waals surface area (Å²) >= 11 is 3.34. The highest BCUT2D eigenvalue weighted by atomic mass is 79.9. The monoisotopic (exact) mass is 411 g/mol. The molecule has 1 atom stereocenters. The van der Waals surface area contributed by atoms with Gasteiger partial charge in [0.15, 0.2) is 6.10 Å².